The topological polar surface area (TPSA) is 55.6 Å². The molecule has 1 aromatic carbocycles. The van der Waals surface area contributed by atoms with Gasteiger partial charge in [-0.3, -0.25) is 4.79 Å². The van der Waals surface area contributed by atoms with Gasteiger partial charge in [-0.2, -0.15) is 0 Å². The summed E-state index contributed by atoms with van der Waals surface area (Å²) in [6.07, 6.45) is 4.51. The second-order valence-electron chi connectivity index (χ2n) is 5.98. The van der Waals surface area contributed by atoms with Crippen LogP contribution >= 0.6 is 0 Å². The SMILES string of the molecule is O=C(COCc1cc(-c2ccc(F)cc2)on1)N1CCCCCC1. The van der Waals surface area contributed by atoms with Crippen molar-refractivity contribution >= 4 is 5.91 Å². The molecule has 24 heavy (non-hydrogen) atoms. The number of hydrogen-bond acceptors (Lipinski definition) is 4. The van der Waals surface area contributed by atoms with Crippen molar-refractivity contribution in [3.05, 3.63) is 41.8 Å². The van der Waals surface area contributed by atoms with Gasteiger partial charge in [0.15, 0.2) is 5.76 Å². The second-order valence-corrected chi connectivity index (χ2v) is 5.98. The molecule has 1 aliphatic heterocycles. The molecule has 0 spiro atoms. The van der Waals surface area contributed by atoms with E-state index in [9.17, 15) is 9.18 Å². The third-order valence-electron chi connectivity index (χ3n) is 4.12. The highest BCUT2D eigenvalue weighted by Crippen LogP contribution is 2.21. The van der Waals surface area contributed by atoms with Gasteiger partial charge in [0.25, 0.3) is 0 Å². The molecular weight excluding hydrogens is 311 g/mol. The Morgan fingerprint density at radius 2 is 1.88 bits per heavy atom. The zero-order chi connectivity index (χ0) is 16.8. The molecule has 1 fully saturated rings. The number of benzene rings is 1. The molecule has 6 heteroatoms. The van der Waals surface area contributed by atoms with E-state index in [-0.39, 0.29) is 24.9 Å². The van der Waals surface area contributed by atoms with Crippen LogP contribution in [-0.2, 0) is 16.1 Å². The van der Waals surface area contributed by atoms with Crippen LogP contribution in [0.2, 0.25) is 0 Å². The van der Waals surface area contributed by atoms with Crippen molar-refractivity contribution < 1.29 is 18.4 Å². The maximum atomic E-state index is 12.9. The van der Waals surface area contributed by atoms with Crippen LogP contribution in [-0.4, -0.2) is 35.7 Å². The van der Waals surface area contributed by atoms with Gasteiger partial charge in [0, 0.05) is 24.7 Å². The third-order valence-corrected chi connectivity index (χ3v) is 4.12. The summed E-state index contributed by atoms with van der Waals surface area (Å²) in [5, 5.41) is 3.92. The van der Waals surface area contributed by atoms with Gasteiger partial charge in [-0.1, -0.05) is 18.0 Å². The molecule has 1 amide bonds. The smallest absolute Gasteiger partial charge is 0.248 e. The van der Waals surface area contributed by atoms with E-state index in [0.29, 0.717) is 11.5 Å². The highest BCUT2D eigenvalue weighted by molar-refractivity contribution is 5.77. The molecule has 0 radical (unpaired) electrons. The van der Waals surface area contributed by atoms with Gasteiger partial charge < -0.3 is 14.2 Å². The molecule has 128 valence electrons. The summed E-state index contributed by atoms with van der Waals surface area (Å²) in [6, 6.07) is 7.73. The van der Waals surface area contributed by atoms with Crippen LogP contribution < -0.4 is 0 Å². The van der Waals surface area contributed by atoms with E-state index in [1.165, 1.54) is 25.0 Å². The van der Waals surface area contributed by atoms with Crippen LogP contribution in [0.5, 0.6) is 0 Å². The molecule has 2 heterocycles. The molecule has 2 aromatic rings. The number of carbonyl (C=O) groups excluding carboxylic acids is 1. The largest absolute Gasteiger partial charge is 0.365 e. The molecule has 1 saturated heterocycles. The standard InChI is InChI=1S/C18H21FN2O3/c19-15-7-5-14(6-8-15)17-11-16(20-24-17)12-23-13-18(22)21-9-3-1-2-4-10-21/h5-8,11H,1-4,9-10,12-13H2. The van der Waals surface area contributed by atoms with Crippen molar-refractivity contribution in [2.75, 3.05) is 19.7 Å². The number of likely N-dealkylation sites (tertiary alicyclic amines) is 1. The first-order valence-electron chi connectivity index (χ1n) is 8.29. The lowest BCUT2D eigenvalue weighted by molar-refractivity contribution is -0.136. The summed E-state index contributed by atoms with van der Waals surface area (Å²) in [5.74, 6) is 0.278. The van der Waals surface area contributed by atoms with Crippen LogP contribution in [0.15, 0.2) is 34.9 Å². The number of aromatic nitrogens is 1. The Labute approximate surface area is 140 Å². The van der Waals surface area contributed by atoms with Crippen molar-refractivity contribution in [2.24, 2.45) is 0 Å². The highest BCUT2D eigenvalue weighted by Gasteiger charge is 2.15. The first-order chi connectivity index (χ1) is 11.7. The molecular formula is C18H21FN2O3. The minimum Gasteiger partial charge on any atom is -0.365 e. The minimum atomic E-state index is -0.297. The molecule has 0 N–H and O–H groups in total. The molecule has 3 rings (SSSR count). The summed E-state index contributed by atoms with van der Waals surface area (Å²) >= 11 is 0. The average Bonchev–Trinajstić information content (AvgIpc) is 2.89. The van der Waals surface area contributed by atoms with Crippen molar-refractivity contribution in [2.45, 2.75) is 32.3 Å². The average molecular weight is 332 g/mol. The first-order valence-corrected chi connectivity index (χ1v) is 8.29. The number of ether oxygens (including phenoxy) is 1. The lowest BCUT2D eigenvalue weighted by Crippen LogP contribution is -2.34. The minimum absolute atomic E-state index is 0.0270. The summed E-state index contributed by atoms with van der Waals surface area (Å²) < 4.78 is 23.6. The fourth-order valence-electron chi connectivity index (χ4n) is 2.78. The molecule has 1 aliphatic rings. The van der Waals surface area contributed by atoms with Crippen LogP contribution in [0.25, 0.3) is 11.3 Å². The number of hydrogen-bond donors (Lipinski definition) is 0. The Morgan fingerprint density at radius 1 is 1.17 bits per heavy atom. The molecule has 0 aliphatic carbocycles. The number of amides is 1. The van der Waals surface area contributed by atoms with Gasteiger partial charge in [-0.05, 0) is 37.1 Å². The van der Waals surface area contributed by atoms with Gasteiger partial charge in [-0.15, -0.1) is 0 Å². The van der Waals surface area contributed by atoms with E-state index in [2.05, 4.69) is 5.16 Å². The molecule has 0 unspecified atom stereocenters. The molecule has 0 bridgehead atoms. The number of halogens is 1. The summed E-state index contributed by atoms with van der Waals surface area (Å²) in [5.41, 5.74) is 1.36. The van der Waals surface area contributed by atoms with E-state index in [1.807, 2.05) is 4.90 Å². The zero-order valence-electron chi connectivity index (χ0n) is 13.5. The van der Waals surface area contributed by atoms with Crippen LogP contribution in [0.3, 0.4) is 0 Å². The van der Waals surface area contributed by atoms with E-state index >= 15 is 0 Å². The van der Waals surface area contributed by atoms with Crippen LogP contribution in [0, 0.1) is 5.82 Å². The lowest BCUT2D eigenvalue weighted by Gasteiger charge is -2.19. The van der Waals surface area contributed by atoms with Gasteiger partial charge in [0.2, 0.25) is 5.91 Å². The van der Waals surface area contributed by atoms with Gasteiger partial charge in [0.05, 0.1) is 6.61 Å². The zero-order valence-corrected chi connectivity index (χ0v) is 13.5. The van der Waals surface area contributed by atoms with Gasteiger partial charge in [-0.25, -0.2) is 4.39 Å². The maximum absolute atomic E-state index is 12.9. The van der Waals surface area contributed by atoms with Gasteiger partial charge in [0.1, 0.15) is 18.1 Å². The van der Waals surface area contributed by atoms with Crippen LogP contribution in [0.4, 0.5) is 4.39 Å². The first kappa shape index (κ1) is 16.6. The van der Waals surface area contributed by atoms with E-state index in [0.717, 1.165) is 31.5 Å². The van der Waals surface area contributed by atoms with Crippen molar-refractivity contribution in [3.8, 4) is 11.3 Å². The summed E-state index contributed by atoms with van der Waals surface area (Å²) in [4.78, 5) is 14.0. The molecule has 0 atom stereocenters. The van der Waals surface area contributed by atoms with E-state index < -0.39 is 0 Å². The van der Waals surface area contributed by atoms with Crippen molar-refractivity contribution in [3.63, 3.8) is 0 Å². The van der Waals surface area contributed by atoms with Crippen molar-refractivity contribution in [1.29, 1.82) is 0 Å². The Balaban J connectivity index is 1.48. The van der Waals surface area contributed by atoms with E-state index in [1.54, 1.807) is 18.2 Å². The predicted octanol–water partition coefficient (Wildman–Crippen LogP) is 3.40. The van der Waals surface area contributed by atoms with Crippen LogP contribution in [0.1, 0.15) is 31.4 Å². The highest BCUT2D eigenvalue weighted by atomic mass is 19.1. The molecule has 0 saturated carbocycles. The monoisotopic (exact) mass is 332 g/mol. The quantitative estimate of drug-likeness (QED) is 0.842. The number of rotatable bonds is 5. The second kappa shape index (κ2) is 8.06. The fourth-order valence-corrected chi connectivity index (χ4v) is 2.78. The number of nitrogens with zero attached hydrogens (tertiary/aromatic N) is 2. The summed E-state index contributed by atoms with van der Waals surface area (Å²) in [7, 11) is 0. The third kappa shape index (κ3) is 4.41. The predicted molar refractivity (Wildman–Crippen MR) is 86.6 cm³/mol. The lowest BCUT2D eigenvalue weighted by atomic mass is 10.1. The normalized spacial score (nSPS) is 15.3. The Morgan fingerprint density at radius 3 is 2.58 bits per heavy atom. The Kier molecular flexibility index (Phi) is 5.59. The Bertz CT molecular complexity index is 661. The number of carbonyl (C=O) groups is 1. The maximum Gasteiger partial charge on any atom is 0.248 e. The fraction of sp³-hybridized carbons (Fsp3) is 0.444. The molecule has 1 aromatic heterocycles. The van der Waals surface area contributed by atoms with E-state index in [4.69, 9.17) is 9.26 Å². The molecule has 5 nitrogen and oxygen atoms in total. The van der Waals surface area contributed by atoms with Gasteiger partial charge >= 0.3 is 0 Å². The Hall–Kier alpha value is -2.21. The van der Waals surface area contributed by atoms with Crippen molar-refractivity contribution in [1.82, 2.24) is 10.1 Å². The summed E-state index contributed by atoms with van der Waals surface area (Å²) in [6.45, 7) is 1.91.